The molecule has 1 atom stereocenters. The van der Waals surface area contributed by atoms with Crippen LogP contribution in [-0.2, 0) is 0 Å². The smallest absolute Gasteiger partial charge is 0.136 e. The second-order valence-corrected chi connectivity index (χ2v) is 4.70. The maximum atomic E-state index is 13.7. The molecule has 0 bridgehead atoms. The third-order valence-electron chi connectivity index (χ3n) is 2.98. The molecule has 100 valence electrons. The van der Waals surface area contributed by atoms with Crippen molar-refractivity contribution in [1.82, 2.24) is 0 Å². The summed E-state index contributed by atoms with van der Waals surface area (Å²) in [5.41, 5.74) is 2.29. The molecule has 2 rings (SSSR count). The molecule has 2 nitrogen and oxygen atoms in total. The molecule has 0 aromatic heterocycles. The van der Waals surface area contributed by atoms with Crippen molar-refractivity contribution < 1.29 is 14.2 Å². The van der Waals surface area contributed by atoms with Crippen molar-refractivity contribution in [1.29, 1.82) is 0 Å². The minimum atomic E-state index is -0.915. The minimum Gasteiger partial charge on any atom is -0.457 e. The molecule has 0 fully saturated rings. The summed E-state index contributed by atoms with van der Waals surface area (Å²) in [6.45, 7) is 5.46. The summed E-state index contributed by atoms with van der Waals surface area (Å²) in [5, 5.41) is 9.66. The topological polar surface area (TPSA) is 29.5 Å². The molecule has 0 saturated carbocycles. The third-order valence-corrected chi connectivity index (χ3v) is 2.98. The first kappa shape index (κ1) is 13.6. The molecule has 0 unspecified atom stereocenters. The van der Waals surface area contributed by atoms with Crippen molar-refractivity contribution >= 4 is 0 Å². The lowest BCUT2D eigenvalue weighted by Gasteiger charge is -2.15. The van der Waals surface area contributed by atoms with Crippen molar-refractivity contribution in [3.05, 3.63) is 58.9 Å². The van der Waals surface area contributed by atoms with Crippen molar-refractivity contribution in [3.63, 3.8) is 0 Å². The second-order valence-electron chi connectivity index (χ2n) is 4.70. The summed E-state index contributed by atoms with van der Waals surface area (Å²) in [6, 6.07) is 10.3. The summed E-state index contributed by atoms with van der Waals surface area (Å²) in [7, 11) is 0. The Morgan fingerprint density at radius 2 is 1.84 bits per heavy atom. The molecule has 0 aliphatic carbocycles. The number of halogens is 1. The fraction of sp³-hybridized carbons (Fsp3) is 0.250. The third kappa shape index (κ3) is 2.93. The number of benzene rings is 2. The van der Waals surface area contributed by atoms with Crippen LogP contribution in [0.3, 0.4) is 0 Å². The van der Waals surface area contributed by atoms with Gasteiger partial charge in [0.15, 0.2) is 0 Å². The Labute approximate surface area is 112 Å². The van der Waals surface area contributed by atoms with E-state index in [1.165, 1.54) is 13.0 Å². The van der Waals surface area contributed by atoms with Gasteiger partial charge in [-0.05, 0) is 44.5 Å². The average molecular weight is 260 g/mol. The van der Waals surface area contributed by atoms with E-state index < -0.39 is 11.9 Å². The van der Waals surface area contributed by atoms with Gasteiger partial charge in [0.25, 0.3) is 0 Å². The lowest BCUT2D eigenvalue weighted by molar-refractivity contribution is 0.190. The number of hydrogen-bond donors (Lipinski definition) is 1. The highest BCUT2D eigenvalue weighted by Crippen LogP contribution is 2.33. The van der Waals surface area contributed by atoms with Gasteiger partial charge >= 0.3 is 0 Å². The maximum Gasteiger partial charge on any atom is 0.136 e. The zero-order chi connectivity index (χ0) is 14.0. The molecule has 19 heavy (non-hydrogen) atoms. The van der Waals surface area contributed by atoms with Gasteiger partial charge in [0.1, 0.15) is 17.3 Å². The van der Waals surface area contributed by atoms with Gasteiger partial charge in [-0.2, -0.15) is 0 Å². The number of rotatable bonds is 3. The second kappa shape index (κ2) is 5.41. The van der Waals surface area contributed by atoms with Crippen molar-refractivity contribution in [3.8, 4) is 11.5 Å². The van der Waals surface area contributed by atoms with Crippen LogP contribution in [0.4, 0.5) is 4.39 Å². The van der Waals surface area contributed by atoms with E-state index in [1.807, 2.05) is 32.0 Å². The van der Waals surface area contributed by atoms with Crippen LogP contribution in [-0.4, -0.2) is 5.11 Å². The Hall–Kier alpha value is -1.87. The molecule has 2 aromatic carbocycles. The van der Waals surface area contributed by atoms with Crippen LogP contribution in [0.2, 0.25) is 0 Å². The van der Waals surface area contributed by atoms with Crippen LogP contribution in [0.15, 0.2) is 36.4 Å². The Morgan fingerprint density at radius 1 is 1.11 bits per heavy atom. The van der Waals surface area contributed by atoms with Gasteiger partial charge in [-0.25, -0.2) is 4.39 Å². The van der Waals surface area contributed by atoms with E-state index >= 15 is 0 Å². The number of aliphatic hydroxyl groups excluding tert-OH is 1. The molecule has 2 aromatic rings. The first-order valence-electron chi connectivity index (χ1n) is 6.20. The molecule has 0 aliphatic heterocycles. The minimum absolute atomic E-state index is 0.183. The largest absolute Gasteiger partial charge is 0.457 e. The van der Waals surface area contributed by atoms with E-state index in [0.717, 1.165) is 11.1 Å². The van der Waals surface area contributed by atoms with Gasteiger partial charge in [-0.1, -0.05) is 23.8 Å². The quantitative estimate of drug-likeness (QED) is 0.892. The molecule has 0 heterocycles. The monoisotopic (exact) mass is 260 g/mol. The highest BCUT2D eigenvalue weighted by atomic mass is 19.1. The Bertz CT molecular complexity index is 591. The fourth-order valence-corrected chi connectivity index (χ4v) is 2.04. The maximum absolute atomic E-state index is 13.7. The highest BCUT2D eigenvalue weighted by molar-refractivity contribution is 5.43. The van der Waals surface area contributed by atoms with E-state index in [4.69, 9.17) is 4.74 Å². The number of aliphatic hydroxyl groups is 1. The summed E-state index contributed by atoms with van der Waals surface area (Å²) < 4.78 is 19.5. The van der Waals surface area contributed by atoms with Gasteiger partial charge in [0.05, 0.1) is 11.7 Å². The SMILES string of the molecule is Cc1ccc(Oc2cccc(F)c2[C@@H](C)O)c(C)c1. The highest BCUT2D eigenvalue weighted by Gasteiger charge is 2.15. The molecule has 0 spiro atoms. The molecule has 3 heteroatoms. The fourth-order valence-electron chi connectivity index (χ4n) is 2.04. The predicted octanol–water partition coefficient (Wildman–Crippen LogP) is 4.29. The molecule has 1 N–H and O–H groups in total. The predicted molar refractivity (Wildman–Crippen MR) is 73.0 cm³/mol. The van der Waals surface area contributed by atoms with E-state index in [0.29, 0.717) is 11.5 Å². The molecular formula is C16H17FO2. The molecule has 0 amide bonds. The van der Waals surface area contributed by atoms with Crippen molar-refractivity contribution in [2.75, 3.05) is 0 Å². The molecule has 0 aliphatic rings. The number of hydrogen-bond acceptors (Lipinski definition) is 2. The average Bonchev–Trinajstić information content (AvgIpc) is 2.32. The lowest BCUT2D eigenvalue weighted by Crippen LogP contribution is -2.00. The summed E-state index contributed by atoms with van der Waals surface area (Å²) >= 11 is 0. The standard InChI is InChI=1S/C16H17FO2/c1-10-7-8-14(11(2)9-10)19-15-6-4-5-13(17)16(15)12(3)18/h4-9,12,18H,1-3H3/t12-/m1/s1. The van der Waals surface area contributed by atoms with Crippen LogP contribution in [0.25, 0.3) is 0 Å². The summed E-state index contributed by atoms with van der Waals surface area (Å²) in [6.07, 6.45) is -0.915. The van der Waals surface area contributed by atoms with Crippen LogP contribution in [0, 0.1) is 19.7 Å². The van der Waals surface area contributed by atoms with Gasteiger partial charge in [-0.3, -0.25) is 0 Å². The Balaban J connectivity index is 2.41. The van der Waals surface area contributed by atoms with E-state index in [1.54, 1.807) is 12.1 Å². The van der Waals surface area contributed by atoms with Gasteiger partial charge < -0.3 is 9.84 Å². The zero-order valence-electron chi connectivity index (χ0n) is 11.3. The van der Waals surface area contributed by atoms with Crippen LogP contribution < -0.4 is 4.74 Å². The van der Waals surface area contributed by atoms with E-state index in [9.17, 15) is 9.50 Å². The van der Waals surface area contributed by atoms with Crippen LogP contribution in [0.1, 0.15) is 29.7 Å². The van der Waals surface area contributed by atoms with E-state index in [-0.39, 0.29) is 5.56 Å². The Morgan fingerprint density at radius 3 is 2.47 bits per heavy atom. The van der Waals surface area contributed by atoms with Gasteiger partial charge in [0, 0.05) is 0 Å². The van der Waals surface area contributed by atoms with Crippen molar-refractivity contribution in [2.24, 2.45) is 0 Å². The normalized spacial score (nSPS) is 12.3. The van der Waals surface area contributed by atoms with Crippen LogP contribution >= 0.6 is 0 Å². The lowest BCUT2D eigenvalue weighted by atomic mass is 10.1. The summed E-state index contributed by atoms with van der Waals surface area (Å²) in [5.74, 6) is 0.553. The van der Waals surface area contributed by atoms with E-state index in [2.05, 4.69) is 0 Å². The first-order chi connectivity index (χ1) is 8.99. The number of ether oxygens (including phenoxy) is 1. The molecular weight excluding hydrogens is 243 g/mol. The van der Waals surface area contributed by atoms with Gasteiger partial charge in [0.2, 0.25) is 0 Å². The zero-order valence-corrected chi connectivity index (χ0v) is 11.3. The van der Waals surface area contributed by atoms with Crippen molar-refractivity contribution in [2.45, 2.75) is 26.9 Å². The first-order valence-corrected chi connectivity index (χ1v) is 6.20. The summed E-state index contributed by atoms with van der Waals surface area (Å²) in [4.78, 5) is 0. The number of aryl methyl sites for hydroxylation is 2. The van der Waals surface area contributed by atoms with Gasteiger partial charge in [-0.15, -0.1) is 0 Å². The Kier molecular flexibility index (Phi) is 3.86. The molecule has 0 radical (unpaired) electrons. The van der Waals surface area contributed by atoms with Crippen LogP contribution in [0.5, 0.6) is 11.5 Å². The molecule has 0 saturated heterocycles.